The number of amides is 1. The van der Waals surface area contributed by atoms with Crippen LogP contribution in [0.3, 0.4) is 0 Å². The molecular formula is C17H16N2O6. The van der Waals surface area contributed by atoms with Crippen LogP contribution in [-0.2, 0) is 14.3 Å². The second-order valence-corrected chi connectivity index (χ2v) is 5.23. The van der Waals surface area contributed by atoms with E-state index in [0.29, 0.717) is 11.1 Å². The summed E-state index contributed by atoms with van der Waals surface area (Å²) in [6.07, 6.45) is -1.49. The molecule has 0 aliphatic rings. The van der Waals surface area contributed by atoms with Gasteiger partial charge in [-0.05, 0) is 18.1 Å². The van der Waals surface area contributed by atoms with E-state index in [9.17, 15) is 24.8 Å². The van der Waals surface area contributed by atoms with Crippen LogP contribution in [-0.4, -0.2) is 28.5 Å². The lowest BCUT2D eigenvalue weighted by molar-refractivity contribution is -0.384. The van der Waals surface area contributed by atoms with E-state index < -0.39 is 29.5 Å². The molecule has 0 heterocycles. The molecule has 1 amide bonds. The number of rotatable bonds is 6. The second-order valence-electron chi connectivity index (χ2n) is 5.23. The summed E-state index contributed by atoms with van der Waals surface area (Å²) < 4.78 is 4.77. The van der Waals surface area contributed by atoms with Crippen LogP contribution in [0.25, 0.3) is 0 Å². The highest BCUT2D eigenvalue weighted by Crippen LogP contribution is 2.21. The predicted octanol–water partition coefficient (Wildman–Crippen LogP) is 2.12. The average Bonchev–Trinajstić information content (AvgIpc) is 2.61. The van der Waals surface area contributed by atoms with Crippen molar-refractivity contribution in [3.63, 3.8) is 0 Å². The van der Waals surface area contributed by atoms with E-state index in [1.807, 2.05) is 0 Å². The Kier molecular flexibility index (Phi) is 5.80. The van der Waals surface area contributed by atoms with Crippen molar-refractivity contribution in [3.05, 3.63) is 69.8 Å². The average molecular weight is 344 g/mol. The molecule has 0 spiro atoms. The van der Waals surface area contributed by atoms with Gasteiger partial charge in [0.1, 0.15) is 0 Å². The van der Waals surface area contributed by atoms with Gasteiger partial charge in [0, 0.05) is 12.1 Å². The van der Waals surface area contributed by atoms with Gasteiger partial charge in [-0.15, -0.1) is 0 Å². The zero-order valence-corrected chi connectivity index (χ0v) is 13.3. The first kappa shape index (κ1) is 18.1. The largest absolute Gasteiger partial charge is 0.453 e. The summed E-state index contributed by atoms with van der Waals surface area (Å²) in [4.78, 5) is 33.8. The lowest BCUT2D eigenvalue weighted by Gasteiger charge is -2.12. The van der Waals surface area contributed by atoms with Crippen molar-refractivity contribution in [1.29, 1.82) is 0 Å². The molecule has 0 fully saturated rings. The van der Waals surface area contributed by atoms with Gasteiger partial charge in [-0.1, -0.05) is 36.4 Å². The van der Waals surface area contributed by atoms with Crippen molar-refractivity contribution in [1.82, 2.24) is 0 Å². The predicted molar refractivity (Wildman–Crippen MR) is 88.8 cm³/mol. The monoisotopic (exact) mass is 344 g/mol. The Morgan fingerprint density at radius 1 is 1.24 bits per heavy atom. The van der Waals surface area contributed by atoms with E-state index >= 15 is 0 Å². The number of non-ortho nitro benzene ring substituents is 1. The highest BCUT2D eigenvalue weighted by atomic mass is 16.6. The standard InChI is InChI=1S/C17H16N2O6/c1-11-7-8-13(19(23)24)9-14(11)18-15(20)10-25-17(22)16(21)12-5-3-2-4-6-12/h2-9,16,21H,10H2,1H3,(H,18,20)/t16-/m1/s1. The maximum Gasteiger partial charge on any atom is 0.340 e. The summed E-state index contributed by atoms with van der Waals surface area (Å²) in [6, 6.07) is 12.2. The molecule has 2 rings (SSSR count). The number of esters is 1. The molecule has 0 saturated heterocycles. The summed E-state index contributed by atoms with van der Waals surface area (Å²) in [6.45, 7) is 1.05. The summed E-state index contributed by atoms with van der Waals surface area (Å²) in [5, 5.41) is 23.1. The molecule has 25 heavy (non-hydrogen) atoms. The molecule has 0 aliphatic carbocycles. The Morgan fingerprint density at radius 3 is 2.56 bits per heavy atom. The number of anilines is 1. The van der Waals surface area contributed by atoms with Crippen LogP contribution in [0, 0.1) is 17.0 Å². The van der Waals surface area contributed by atoms with Crippen LogP contribution >= 0.6 is 0 Å². The number of nitrogens with zero attached hydrogens (tertiary/aromatic N) is 1. The van der Waals surface area contributed by atoms with Crippen molar-refractivity contribution in [3.8, 4) is 0 Å². The molecule has 1 atom stereocenters. The topological polar surface area (TPSA) is 119 Å². The minimum absolute atomic E-state index is 0.169. The number of aryl methyl sites for hydroxylation is 1. The first-order valence-corrected chi connectivity index (χ1v) is 7.33. The molecule has 8 heteroatoms. The van der Waals surface area contributed by atoms with Crippen LogP contribution in [0.1, 0.15) is 17.2 Å². The van der Waals surface area contributed by atoms with Gasteiger partial charge in [-0.2, -0.15) is 0 Å². The minimum atomic E-state index is -1.49. The fraction of sp³-hybridized carbons (Fsp3) is 0.176. The van der Waals surface area contributed by atoms with E-state index in [1.165, 1.54) is 18.2 Å². The SMILES string of the molecule is Cc1ccc([N+](=O)[O-])cc1NC(=O)COC(=O)[C@H](O)c1ccccc1. The van der Waals surface area contributed by atoms with Gasteiger partial charge < -0.3 is 15.2 Å². The number of hydrogen-bond acceptors (Lipinski definition) is 6. The molecule has 0 aliphatic heterocycles. The van der Waals surface area contributed by atoms with Crippen molar-refractivity contribution in [2.45, 2.75) is 13.0 Å². The smallest absolute Gasteiger partial charge is 0.340 e. The summed E-state index contributed by atoms with van der Waals surface area (Å²) in [7, 11) is 0. The van der Waals surface area contributed by atoms with Crippen LogP contribution in [0.4, 0.5) is 11.4 Å². The van der Waals surface area contributed by atoms with Gasteiger partial charge in [0.25, 0.3) is 11.6 Å². The molecule has 0 unspecified atom stereocenters. The number of benzene rings is 2. The van der Waals surface area contributed by atoms with Gasteiger partial charge in [-0.25, -0.2) is 4.79 Å². The summed E-state index contributed by atoms with van der Waals surface area (Å²) >= 11 is 0. The number of aliphatic hydroxyl groups excluding tert-OH is 1. The van der Waals surface area contributed by atoms with Gasteiger partial charge in [0.05, 0.1) is 10.6 Å². The second kappa shape index (κ2) is 8.02. The van der Waals surface area contributed by atoms with Crippen molar-refractivity contribution in [2.24, 2.45) is 0 Å². The van der Waals surface area contributed by atoms with E-state index in [1.54, 1.807) is 37.3 Å². The molecule has 2 aromatic carbocycles. The number of carbonyl (C=O) groups is 2. The number of nitro groups is 1. The van der Waals surface area contributed by atoms with E-state index in [0.717, 1.165) is 0 Å². The molecule has 0 aromatic heterocycles. The quantitative estimate of drug-likeness (QED) is 0.471. The van der Waals surface area contributed by atoms with Crippen LogP contribution in [0.2, 0.25) is 0 Å². The van der Waals surface area contributed by atoms with E-state index in [4.69, 9.17) is 4.74 Å². The van der Waals surface area contributed by atoms with Crippen LogP contribution in [0.5, 0.6) is 0 Å². The molecule has 2 N–H and O–H groups in total. The number of aliphatic hydroxyl groups is 1. The number of carbonyl (C=O) groups excluding carboxylic acids is 2. The molecular weight excluding hydrogens is 328 g/mol. The Labute approximate surface area is 143 Å². The lowest BCUT2D eigenvalue weighted by atomic mass is 10.1. The maximum absolute atomic E-state index is 11.9. The zero-order valence-electron chi connectivity index (χ0n) is 13.3. The van der Waals surface area contributed by atoms with Gasteiger partial charge in [0.2, 0.25) is 0 Å². The maximum atomic E-state index is 11.9. The third-order valence-electron chi connectivity index (χ3n) is 3.39. The Morgan fingerprint density at radius 2 is 1.92 bits per heavy atom. The van der Waals surface area contributed by atoms with E-state index in [2.05, 4.69) is 5.32 Å². The van der Waals surface area contributed by atoms with Gasteiger partial charge in [-0.3, -0.25) is 14.9 Å². The third kappa shape index (κ3) is 4.85. The molecule has 0 radical (unpaired) electrons. The first-order chi connectivity index (χ1) is 11.9. The van der Waals surface area contributed by atoms with Crippen LogP contribution in [0.15, 0.2) is 48.5 Å². The van der Waals surface area contributed by atoms with Crippen molar-refractivity contribution >= 4 is 23.3 Å². The number of nitrogens with one attached hydrogen (secondary N) is 1. The van der Waals surface area contributed by atoms with Gasteiger partial charge >= 0.3 is 5.97 Å². The number of hydrogen-bond donors (Lipinski definition) is 2. The summed E-state index contributed by atoms with van der Waals surface area (Å²) in [5.74, 6) is -1.63. The van der Waals surface area contributed by atoms with Crippen molar-refractivity contribution < 1.29 is 24.4 Å². The number of nitro benzene ring substituents is 1. The van der Waals surface area contributed by atoms with Gasteiger partial charge in [0.15, 0.2) is 12.7 Å². The molecule has 2 aromatic rings. The molecule has 0 saturated carbocycles. The molecule has 130 valence electrons. The Bertz CT molecular complexity index is 791. The summed E-state index contributed by atoms with van der Waals surface area (Å²) in [5.41, 5.74) is 1.05. The normalized spacial score (nSPS) is 11.4. The van der Waals surface area contributed by atoms with E-state index in [-0.39, 0.29) is 11.4 Å². The minimum Gasteiger partial charge on any atom is -0.453 e. The third-order valence-corrected chi connectivity index (χ3v) is 3.39. The first-order valence-electron chi connectivity index (χ1n) is 7.33. The Hall–Kier alpha value is -3.26. The molecule has 8 nitrogen and oxygen atoms in total. The Balaban J connectivity index is 1.94. The van der Waals surface area contributed by atoms with Crippen LogP contribution < -0.4 is 5.32 Å². The highest BCUT2D eigenvalue weighted by molar-refractivity contribution is 5.94. The number of ether oxygens (including phenoxy) is 1. The van der Waals surface area contributed by atoms with Crippen molar-refractivity contribution in [2.75, 3.05) is 11.9 Å². The zero-order chi connectivity index (χ0) is 18.4. The molecule has 0 bridgehead atoms. The highest BCUT2D eigenvalue weighted by Gasteiger charge is 2.20. The fourth-order valence-electron chi connectivity index (χ4n) is 2.03. The lowest BCUT2D eigenvalue weighted by Crippen LogP contribution is -2.24. The fourth-order valence-corrected chi connectivity index (χ4v) is 2.03.